The molecule has 0 aliphatic rings. The molecular weight excluding hydrogens is 244 g/mol. The molecule has 0 radical (unpaired) electrons. The van der Waals surface area contributed by atoms with Gasteiger partial charge in [0.15, 0.2) is 0 Å². The zero-order valence-electron chi connectivity index (χ0n) is 11.2. The van der Waals surface area contributed by atoms with Gasteiger partial charge in [-0.25, -0.2) is 9.78 Å². The van der Waals surface area contributed by atoms with E-state index >= 15 is 0 Å². The van der Waals surface area contributed by atoms with E-state index in [1.165, 1.54) is 6.20 Å². The topological polar surface area (TPSA) is 60.5 Å². The number of carbonyl (C=O) groups excluding carboxylic acids is 1. The molecule has 0 aliphatic heterocycles. The van der Waals surface area contributed by atoms with Crippen LogP contribution in [0.1, 0.15) is 23.7 Å². The first kappa shape index (κ1) is 15.2. The number of hydrogen-bond donors (Lipinski definition) is 1. The number of ether oxygens (including phenoxy) is 2. The zero-order chi connectivity index (χ0) is 13.9. The van der Waals surface area contributed by atoms with Crippen molar-refractivity contribution in [3.63, 3.8) is 0 Å². The van der Waals surface area contributed by atoms with Crippen molar-refractivity contribution in [1.82, 2.24) is 4.98 Å². The van der Waals surface area contributed by atoms with Crippen LogP contribution in [0.2, 0.25) is 0 Å². The van der Waals surface area contributed by atoms with Gasteiger partial charge < -0.3 is 14.8 Å². The molecule has 0 saturated heterocycles. The van der Waals surface area contributed by atoms with Crippen LogP contribution in [-0.2, 0) is 9.47 Å². The molecule has 1 rings (SSSR count). The summed E-state index contributed by atoms with van der Waals surface area (Å²) < 4.78 is 10.2. The van der Waals surface area contributed by atoms with Crippen molar-refractivity contribution in [2.24, 2.45) is 0 Å². The Kier molecular flexibility index (Phi) is 7.27. The number of carbonyl (C=O) groups is 1. The van der Waals surface area contributed by atoms with Gasteiger partial charge in [0.2, 0.25) is 0 Å². The third-order valence-corrected chi connectivity index (χ3v) is 2.29. The maximum atomic E-state index is 11.4. The van der Waals surface area contributed by atoms with E-state index in [-0.39, 0.29) is 5.97 Å². The summed E-state index contributed by atoms with van der Waals surface area (Å²) in [7, 11) is 0. The summed E-state index contributed by atoms with van der Waals surface area (Å²) in [6, 6.07) is 3.43. The third kappa shape index (κ3) is 6.01. The first-order valence-corrected chi connectivity index (χ1v) is 6.33. The predicted molar refractivity (Wildman–Crippen MR) is 74.3 cm³/mol. The summed E-state index contributed by atoms with van der Waals surface area (Å²) in [5.74, 6) is 0.356. The summed E-state index contributed by atoms with van der Waals surface area (Å²) in [5, 5.41) is 3.11. The van der Waals surface area contributed by atoms with E-state index in [1.54, 1.807) is 19.1 Å². The zero-order valence-corrected chi connectivity index (χ0v) is 11.2. The monoisotopic (exact) mass is 264 g/mol. The van der Waals surface area contributed by atoms with Gasteiger partial charge in [0.1, 0.15) is 5.82 Å². The maximum absolute atomic E-state index is 11.4. The fraction of sp³-hybridized carbons (Fsp3) is 0.429. The molecule has 5 heteroatoms. The van der Waals surface area contributed by atoms with Gasteiger partial charge >= 0.3 is 5.97 Å². The third-order valence-electron chi connectivity index (χ3n) is 2.29. The SMILES string of the molecule is C=CCCOCCNc1ccc(C(=O)OCC)cn1. The van der Waals surface area contributed by atoms with Crippen LogP contribution < -0.4 is 5.32 Å². The Balaban J connectivity index is 2.28. The molecule has 0 bridgehead atoms. The lowest BCUT2D eigenvalue weighted by atomic mass is 10.3. The van der Waals surface area contributed by atoms with Crippen molar-refractivity contribution in [1.29, 1.82) is 0 Å². The molecule has 19 heavy (non-hydrogen) atoms. The molecule has 0 spiro atoms. The van der Waals surface area contributed by atoms with Crippen molar-refractivity contribution in [3.05, 3.63) is 36.5 Å². The Morgan fingerprint density at radius 1 is 1.47 bits per heavy atom. The highest BCUT2D eigenvalue weighted by molar-refractivity contribution is 5.89. The number of esters is 1. The number of pyridine rings is 1. The van der Waals surface area contributed by atoms with Gasteiger partial charge in [-0.3, -0.25) is 0 Å². The van der Waals surface area contributed by atoms with Crippen molar-refractivity contribution >= 4 is 11.8 Å². The molecule has 1 N–H and O–H groups in total. The summed E-state index contributed by atoms with van der Waals surface area (Å²) >= 11 is 0. The van der Waals surface area contributed by atoms with E-state index in [2.05, 4.69) is 16.9 Å². The molecule has 0 atom stereocenters. The highest BCUT2D eigenvalue weighted by Gasteiger charge is 2.06. The highest BCUT2D eigenvalue weighted by atomic mass is 16.5. The van der Waals surface area contributed by atoms with Gasteiger partial charge in [-0.15, -0.1) is 6.58 Å². The van der Waals surface area contributed by atoms with Crippen LogP contribution in [0.3, 0.4) is 0 Å². The van der Waals surface area contributed by atoms with E-state index in [1.807, 2.05) is 6.08 Å². The predicted octanol–water partition coefficient (Wildman–Crippen LogP) is 2.26. The van der Waals surface area contributed by atoms with E-state index in [9.17, 15) is 4.79 Å². The van der Waals surface area contributed by atoms with Crippen molar-refractivity contribution in [2.45, 2.75) is 13.3 Å². The molecule has 104 valence electrons. The summed E-state index contributed by atoms with van der Waals surface area (Å²) in [6.07, 6.45) is 4.18. The van der Waals surface area contributed by atoms with Gasteiger partial charge in [-0.1, -0.05) is 6.08 Å². The van der Waals surface area contributed by atoms with E-state index in [0.717, 1.165) is 6.42 Å². The van der Waals surface area contributed by atoms with Gasteiger partial charge in [0, 0.05) is 12.7 Å². The summed E-state index contributed by atoms with van der Waals surface area (Å²) in [5.41, 5.74) is 0.453. The molecule has 0 fully saturated rings. The summed E-state index contributed by atoms with van der Waals surface area (Å²) in [4.78, 5) is 15.5. The van der Waals surface area contributed by atoms with Crippen molar-refractivity contribution in [3.8, 4) is 0 Å². The Morgan fingerprint density at radius 2 is 2.32 bits per heavy atom. The molecule has 0 aromatic carbocycles. The highest BCUT2D eigenvalue weighted by Crippen LogP contribution is 2.06. The number of anilines is 1. The molecule has 1 heterocycles. The lowest BCUT2D eigenvalue weighted by molar-refractivity contribution is 0.0526. The van der Waals surface area contributed by atoms with Gasteiger partial charge in [-0.05, 0) is 25.5 Å². The first-order valence-electron chi connectivity index (χ1n) is 6.33. The van der Waals surface area contributed by atoms with E-state index < -0.39 is 0 Å². The van der Waals surface area contributed by atoms with E-state index in [0.29, 0.717) is 37.7 Å². The Morgan fingerprint density at radius 3 is 2.95 bits per heavy atom. The maximum Gasteiger partial charge on any atom is 0.339 e. The second-order valence-corrected chi connectivity index (χ2v) is 3.77. The standard InChI is InChI=1S/C14H20N2O3/c1-3-5-9-18-10-8-15-13-7-6-12(11-16-13)14(17)19-4-2/h3,6-7,11H,1,4-5,8-10H2,2H3,(H,15,16). The minimum Gasteiger partial charge on any atom is -0.462 e. The second kappa shape index (κ2) is 9.10. The van der Waals surface area contributed by atoms with Crippen LogP contribution in [0, 0.1) is 0 Å². The minimum atomic E-state index is -0.352. The minimum absolute atomic E-state index is 0.352. The van der Waals surface area contributed by atoms with Gasteiger partial charge in [-0.2, -0.15) is 0 Å². The smallest absolute Gasteiger partial charge is 0.339 e. The number of hydrogen-bond acceptors (Lipinski definition) is 5. The van der Waals surface area contributed by atoms with Crippen LogP contribution in [0.5, 0.6) is 0 Å². The largest absolute Gasteiger partial charge is 0.462 e. The molecule has 1 aromatic rings. The average Bonchev–Trinajstić information content (AvgIpc) is 2.43. The van der Waals surface area contributed by atoms with Crippen LogP contribution in [-0.4, -0.2) is 37.3 Å². The first-order chi connectivity index (χ1) is 9.27. The van der Waals surface area contributed by atoms with Crippen LogP contribution >= 0.6 is 0 Å². The van der Waals surface area contributed by atoms with Crippen LogP contribution in [0.15, 0.2) is 31.0 Å². The molecule has 0 unspecified atom stereocenters. The number of rotatable bonds is 9. The normalized spacial score (nSPS) is 9.95. The number of nitrogens with one attached hydrogen (secondary N) is 1. The Hall–Kier alpha value is -1.88. The van der Waals surface area contributed by atoms with Crippen molar-refractivity contribution in [2.75, 3.05) is 31.7 Å². The van der Waals surface area contributed by atoms with Crippen LogP contribution in [0.4, 0.5) is 5.82 Å². The molecule has 0 saturated carbocycles. The van der Waals surface area contributed by atoms with Gasteiger partial charge in [0.25, 0.3) is 0 Å². The Labute approximate surface area is 113 Å². The molecular formula is C14H20N2O3. The van der Waals surface area contributed by atoms with Crippen LogP contribution in [0.25, 0.3) is 0 Å². The summed E-state index contributed by atoms with van der Waals surface area (Å²) in [6.45, 7) is 7.71. The molecule has 0 amide bonds. The lowest BCUT2D eigenvalue weighted by Gasteiger charge is -2.07. The quantitative estimate of drug-likeness (QED) is 0.421. The lowest BCUT2D eigenvalue weighted by Crippen LogP contribution is -2.11. The fourth-order valence-electron chi connectivity index (χ4n) is 1.35. The fourth-order valence-corrected chi connectivity index (χ4v) is 1.35. The van der Waals surface area contributed by atoms with Crippen molar-refractivity contribution < 1.29 is 14.3 Å². The second-order valence-electron chi connectivity index (χ2n) is 3.77. The average molecular weight is 264 g/mol. The van der Waals surface area contributed by atoms with E-state index in [4.69, 9.17) is 9.47 Å². The Bertz CT molecular complexity index is 390. The molecule has 0 aliphatic carbocycles. The van der Waals surface area contributed by atoms with Gasteiger partial charge in [0.05, 0.1) is 25.4 Å². The number of aromatic nitrogens is 1. The number of nitrogens with zero attached hydrogens (tertiary/aromatic N) is 1. The molecule has 5 nitrogen and oxygen atoms in total. The molecule has 1 aromatic heterocycles.